The second kappa shape index (κ2) is 6.51. The smallest absolute Gasteiger partial charge is 0.329 e. The van der Waals surface area contributed by atoms with Crippen LogP contribution in [0.5, 0.6) is 11.5 Å². The van der Waals surface area contributed by atoms with Gasteiger partial charge < -0.3 is 14.8 Å². The predicted molar refractivity (Wildman–Crippen MR) is 90.9 cm³/mol. The fourth-order valence-corrected chi connectivity index (χ4v) is 2.80. The highest BCUT2D eigenvalue weighted by atomic mass is 19.1. The Labute approximate surface area is 148 Å². The molecule has 4 rings (SSSR count). The van der Waals surface area contributed by atoms with Crippen LogP contribution in [0, 0.1) is 5.82 Å². The Morgan fingerprint density at radius 3 is 2.54 bits per heavy atom. The molecular weight excluding hydrogens is 339 g/mol. The highest BCUT2D eigenvalue weighted by Gasteiger charge is 2.33. The summed E-state index contributed by atoms with van der Waals surface area (Å²) in [7, 11) is 0. The highest BCUT2D eigenvalue weighted by molar-refractivity contribution is 6.13. The van der Waals surface area contributed by atoms with Gasteiger partial charge in [0.1, 0.15) is 24.7 Å². The van der Waals surface area contributed by atoms with Gasteiger partial charge in [-0.05, 0) is 41.5 Å². The van der Waals surface area contributed by atoms with Gasteiger partial charge in [0, 0.05) is 0 Å². The molecule has 0 spiro atoms. The van der Waals surface area contributed by atoms with Crippen LogP contribution in [-0.4, -0.2) is 30.1 Å². The van der Waals surface area contributed by atoms with Crippen LogP contribution in [0.1, 0.15) is 11.1 Å². The molecule has 0 aromatic heterocycles. The number of carbonyl (C=O) groups excluding carboxylic acids is 2. The van der Waals surface area contributed by atoms with Crippen molar-refractivity contribution in [3.63, 3.8) is 0 Å². The molecule has 2 aromatic carbocycles. The summed E-state index contributed by atoms with van der Waals surface area (Å²) in [6.45, 7) is 1.04. The largest absolute Gasteiger partial charge is 0.486 e. The SMILES string of the molecule is O=C1N/C(=C/c2ccc3c(c2)OCCO3)C(=O)N1Cc1ccc(F)cc1. The third-order valence-electron chi connectivity index (χ3n) is 4.09. The molecule has 6 nitrogen and oxygen atoms in total. The molecule has 2 aliphatic rings. The average Bonchev–Trinajstić information content (AvgIpc) is 2.91. The van der Waals surface area contributed by atoms with Crippen molar-refractivity contribution < 1.29 is 23.5 Å². The Hall–Kier alpha value is -3.35. The Morgan fingerprint density at radius 2 is 1.77 bits per heavy atom. The number of halogens is 1. The van der Waals surface area contributed by atoms with E-state index >= 15 is 0 Å². The Kier molecular flexibility index (Phi) is 4.04. The molecule has 1 fully saturated rings. The molecule has 2 aliphatic heterocycles. The number of hydrogen-bond donors (Lipinski definition) is 1. The second-order valence-corrected chi connectivity index (χ2v) is 5.91. The van der Waals surface area contributed by atoms with Crippen LogP contribution in [0.25, 0.3) is 6.08 Å². The first-order valence-electron chi connectivity index (χ1n) is 8.09. The molecule has 7 heteroatoms. The Morgan fingerprint density at radius 1 is 1.04 bits per heavy atom. The van der Waals surface area contributed by atoms with Crippen molar-refractivity contribution in [2.75, 3.05) is 13.2 Å². The molecule has 2 heterocycles. The number of nitrogens with zero attached hydrogens (tertiary/aromatic N) is 1. The summed E-state index contributed by atoms with van der Waals surface area (Å²) < 4.78 is 24.0. The molecule has 26 heavy (non-hydrogen) atoms. The number of carbonyl (C=O) groups is 2. The predicted octanol–water partition coefficient (Wildman–Crippen LogP) is 2.69. The topological polar surface area (TPSA) is 67.9 Å². The lowest BCUT2D eigenvalue weighted by atomic mass is 10.1. The van der Waals surface area contributed by atoms with Gasteiger partial charge in [-0.15, -0.1) is 0 Å². The number of fused-ring (bicyclic) bond motifs is 1. The summed E-state index contributed by atoms with van der Waals surface area (Å²) in [5, 5.41) is 2.57. The minimum Gasteiger partial charge on any atom is -0.486 e. The molecule has 1 saturated heterocycles. The van der Waals surface area contributed by atoms with Crippen molar-refractivity contribution in [1.82, 2.24) is 10.2 Å². The van der Waals surface area contributed by atoms with E-state index in [-0.39, 0.29) is 18.1 Å². The molecule has 0 atom stereocenters. The van der Waals surface area contributed by atoms with E-state index in [1.54, 1.807) is 36.4 Å². The van der Waals surface area contributed by atoms with Gasteiger partial charge in [-0.1, -0.05) is 18.2 Å². The highest BCUT2D eigenvalue weighted by Crippen LogP contribution is 2.31. The van der Waals surface area contributed by atoms with Gasteiger partial charge in [-0.25, -0.2) is 9.18 Å². The van der Waals surface area contributed by atoms with Gasteiger partial charge in [0.05, 0.1) is 6.54 Å². The molecule has 132 valence electrons. The van der Waals surface area contributed by atoms with Crippen LogP contribution in [0.15, 0.2) is 48.2 Å². The monoisotopic (exact) mass is 354 g/mol. The molecule has 2 aromatic rings. The summed E-state index contributed by atoms with van der Waals surface area (Å²) in [6, 6.07) is 10.4. The number of ether oxygens (including phenoxy) is 2. The number of nitrogens with one attached hydrogen (secondary N) is 1. The van der Waals surface area contributed by atoms with Crippen molar-refractivity contribution in [3.8, 4) is 11.5 Å². The summed E-state index contributed by atoms with van der Waals surface area (Å²) >= 11 is 0. The molecule has 0 bridgehead atoms. The van der Waals surface area contributed by atoms with Crippen molar-refractivity contribution >= 4 is 18.0 Å². The van der Waals surface area contributed by atoms with E-state index in [9.17, 15) is 14.0 Å². The summed E-state index contributed by atoms with van der Waals surface area (Å²) in [4.78, 5) is 25.7. The number of imide groups is 1. The lowest BCUT2D eigenvalue weighted by Gasteiger charge is -2.18. The zero-order chi connectivity index (χ0) is 18.1. The number of urea groups is 1. The maximum atomic E-state index is 13.0. The van der Waals surface area contributed by atoms with Crippen molar-refractivity contribution in [1.29, 1.82) is 0 Å². The van der Waals surface area contributed by atoms with Crippen LogP contribution < -0.4 is 14.8 Å². The van der Waals surface area contributed by atoms with Gasteiger partial charge in [0.25, 0.3) is 5.91 Å². The first-order valence-corrected chi connectivity index (χ1v) is 8.09. The molecular formula is C19H15FN2O4. The summed E-state index contributed by atoms with van der Waals surface area (Å²) in [5.74, 6) is 0.447. The normalized spacial score (nSPS) is 17.6. The molecule has 3 amide bonds. The maximum absolute atomic E-state index is 13.0. The van der Waals surface area contributed by atoms with Gasteiger partial charge >= 0.3 is 6.03 Å². The number of amides is 3. The number of benzene rings is 2. The van der Waals surface area contributed by atoms with Crippen LogP contribution in [0.2, 0.25) is 0 Å². The van der Waals surface area contributed by atoms with Crippen molar-refractivity contribution in [2.45, 2.75) is 6.54 Å². The molecule has 0 unspecified atom stereocenters. The minimum absolute atomic E-state index is 0.0728. The third kappa shape index (κ3) is 3.11. The first kappa shape index (κ1) is 16.1. The molecule has 0 radical (unpaired) electrons. The molecule has 0 saturated carbocycles. The van der Waals surface area contributed by atoms with E-state index in [1.807, 2.05) is 0 Å². The van der Waals surface area contributed by atoms with Crippen LogP contribution in [-0.2, 0) is 11.3 Å². The van der Waals surface area contributed by atoms with E-state index in [4.69, 9.17) is 9.47 Å². The summed E-state index contributed by atoms with van der Waals surface area (Å²) in [5.41, 5.74) is 1.55. The third-order valence-corrected chi connectivity index (χ3v) is 4.09. The fraction of sp³-hybridized carbons (Fsp3) is 0.158. The van der Waals surface area contributed by atoms with Gasteiger partial charge in [-0.3, -0.25) is 9.69 Å². The molecule has 0 aliphatic carbocycles. The van der Waals surface area contributed by atoms with E-state index in [1.165, 1.54) is 12.1 Å². The van der Waals surface area contributed by atoms with Crippen LogP contribution >= 0.6 is 0 Å². The van der Waals surface area contributed by atoms with E-state index in [0.29, 0.717) is 35.8 Å². The Bertz CT molecular complexity index is 908. The van der Waals surface area contributed by atoms with Gasteiger partial charge in [-0.2, -0.15) is 0 Å². The standard InChI is InChI=1S/C19H15FN2O4/c20-14-4-1-12(2-5-14)11-22-18(23)15(21-19(22)24)9-13-3-6-16-17(10-13)26-8-7-25-16/h1-6,9-10H,7-8,11H2,(H,21,24)/b15-9+. The zero-order valence-corrected chi connectivity index (χ0v) is 13.7. The van der Waals surface area contributed by atoms with Crippen molar-refractivity contribution in [2.24, 2.45) is 0 Å². The maximum Gasteiger partial charge on any atom is 0.329 e. The lowest BCUT2D eigenvalue weighted by molar-refractivity contribution is -0.123. The van der Waals surface area contributed by atoms with Gasteiger partial charge in [0.15, 0.2) is 11.5 Å². The fourth-order valence-electron chi connectivity index (χ4n) is 2.80. The van der Waals surface area contributed by atoms with E-state index in [0.717, 1.165) is 4.90 Å². The van der Waals surface area contributed by atoms with E-state index in [2.05, 4.69) is 5.32 Å². The lowest BCUT2D eigenvalue weighted by Crippen LogP contribution is -2.30. The van der Waals surface area contributed by atoms with E-state index < -0.39 is 11.9 Å². The van der Waals surface area contributed by atoms with Gasteiger partial charge in [0.2, 0.25) is 0 Å². The number of rotatable bonds is 3. The zero-order valence-electron chi connectivity index (χ0n) is 13.7. The Balaban J connectivity index is 1.54. The minimum atomic E-state index is -0.511. The average molecular weight is 354 g/mol. The van der Waals surface area contributed by atoms with Crippen molar-refractivity contribution in [3.05, 3.63) is 65.1 Å². The summed E-state index contributed by atoms with van der Waals surface area (Å²) in [6.07, 6.45) is 1.59. The first-order chi connectivity index (χ1) is 12.6. The molecule has 1 N–H and O–H groups in total. The number of hydrogen-bond acceptors (Lipinski definition) is 4. The quantitative estimate of drug-likeness (QED) is 0.680. The second-order valence-electron chi connectivity index (χ2n) is 5.91. The van der Waals surface area contributed by atoms with Crippen LogP contribution in [0.4, 0.5) is 9.18 Å². The van der Waals surface area contributed by atoms with Crippen LogP contribution in [0.3, 0.4) is 0 Å².